The van der Waals surface area contributed by atoms with Gasteiger partial charge in [-0.2, -0.15) is 5.48 Å². The van der Waals surface area contributed by atoms with Crippen molar-refractivity contribution in [3.63, 3.8) is 0 Å². The number of nitrogens with one attached hydrogen (secondary N) is 1. The second-order valence-corrected chi connectivity index (χ2v) is 4.09. The number of halogens is 1. The molecule has 0 fully saturated rings. The molecule has 0 saturated carbocycles. The van der Waals surface area contributed by atoms with Crippen molar-refractivity contribution in [1.82, 2.24) is 5.48 Å². The summed E-state index contributed by atoms with van der Waals surface area (Å²) in [5.74, 6) is 0.549. The summed E-state index contributed by atoms with van der Waals surface area (Å²) in [4.78, 5) is 5.25. The van der Waals surface area contributed by atoms with Crippen LogP contribution in [0.15, 0.2) is 24.3 Å². The molecule has 0 amide bonds. The first-order valence-corrected chi connectivity index (χ1v) is 5.15. The van der Waals surface area contributed by atoms with Gasteiger partial charge in [0, 0.05) is 11.6 Å². The van der Waals surface area contributed by atoms with Crippen molar-refractivity contribution in [3.8, 4) is 0 Å². The van der Waals surface area contributed by atoms with E-state index in [-0.39, 0.29) is 0 Å². The van der Waals surface area contributed by atoms with E-state index in [2.05, 4.69) is 19.3 Å². The molecule has 14 heavy (non-hydrogen) atoms. The Bertz CT molecular complexity index is 258. The van der Waals surface area contributed by atoms with Crippen molar-refractivity contribution < 1.29 is 4.84 Å². The normalized spacial score (nSPS) is 10.9. The van der Waals surface area contributed by atoms with Crippen LogP contribution in [-0.4, -0.2) is 6.61 Å². The summed E-state index contributed by atoms with van der Waals surface area (Å²) in [7, 11) is 0. The molecule has 0 spiro atoms. The van der Waals surface area contributed by atoms with E-state index in [4.69, 9.17) is 16.4 Å². The van der Waals surface area contributed by atoms with E-state index in [1.807, 2.05) is 24.3 Å². The largest absolute Gasteiger partial charge is 0.301 e. The number of rotatable bonds is 5. The van der Waals surface area contributed by atoms with Gasteiger partial charge in [-0.05, 0) is 23.6 Å². The van der Waals surface area contributed by atoms with Gasteiger partial charge < -0.3 is 4.84 Å². The highest BCUT2D eigenvalue weighted by molar-refractivity contribution is 6.30. The van der Waals surface area contributed by atoms with E-state index in [9.17, 15) is 0 Å². The quantitative estimate of drug-likeness (QED) is 0.600. The molecule has 1 N–H and O–H groups in total. The minimum atomic E-state index is 0.549. The predicted octanol–water partition coefficient (Wildman–Crippen LogP) is 3.02. The number of hydrogen-bond acceptors (Lipinski definition) is 2. The number of benzene rings is 1. The maximum absolute atomic E-state index is 5.76. The third-order valence-electron chi connectivity index (χ3n) is 1.71. The summed E-state index contributed by atoms with van der Waals surface area (Å²) in [6, 6.07) is 7.71. The van der Waals surface area contributed by atoms with E-state index >= 15 is 0 Å². The van der Waals surface area contributed by atoms with Gasteiger partial charge in [0.2, 0.25) is 0 Å². The molecule has 0 unspecified atom stereocenters. The zero-order valence-electron chi connectivity index (χ0n) is 8.59. The minimum Gasteiger partial charge on any atom is -0.301 e. The Labute approximate surface area is 90.2 Å². The number of hydrogen-bond donors (Lipinski definition) is 1. The summed E-state index contributed by atoms with van der Waals surface area (Å²) >= 11 is 5.76. The predicted molar refractivity (Wildman–Crippen MR) is 59.1 cm³/mol. The standard InChI is InChI=1S/C11H16ClNO/c1-9(2)8-14-13-7-10-3-5-11(12)6-4-10/h3-6,9,13H,7-8H2,1-2H3. The van der Waals surface area contributed by atoms with E-state index in [1.165, 1.54) is 0 Å². The van der Waals surface area contributed by atoms with Crippen LogP contribution in [0.3, 0.4) is 0 Å². The highest BCUT2D eigenvalue weighted by Gasteiger charge is 1.95. The molecule has 2 nitrogen and oxygen atoms in total. The van der Waals surface area contributed by atoms with Crippen molar-refractivity contribution in [2.45, 2.75) is 20.4 Å². The fraction of sp³-hybridized carbons (Fsp3) is 0.455. The van der Waals surface area contributed by atoms with Crippen LogP contribution in [0.5, 0.6) is 0 Å². The Balaban J connectivity index is 2.21. The van der Waals surface area contributed by atoms with Crippen molar-refractivity contribution in [1.29, 1.82) is 0 Å². The van der Waals surface area contributed by atoms with Crippen molar-refractivity contribution in [2.24, 2.45) is 5.92 Å². The summed E-state index contributed by atoms with van der Waals surface area (Å²) in [5.41, 5.74) is 4.07. The fourth-order valence-electron chi connectivity index (χ4n) is 0.962. The van der Waals surface area contributed by atoms with Gasteiger partial charge in [-0.25, -0.2) is 0 Å². The summed E-state index contributed by atoms with van der Waals surface area (Å²) < 4.78 is 0. The van der Waals surface area contributed by atoms with Crippen LogP contribution in [0.2, 0.25) is 5.02 Å². The second kappa shape index (κ2) is 6.02. The van der Waals surface area contributed by atoms with Crippen LogP contribution in [0.4, 0.5) is 0 Å². The van der Waals surface area contributed by atoms with Gasteiger partial charge in [-0.3, -0.25) is 0 Å². The van der Waals surface area contributed by atoms with Crippen LogP contribution < -0.4 is 5.48 Å². The molecular formula is C11H16ClNO. The summed E-state index contributed by atoms with van der Waals surface area (Å²) in [6.45, 7) is 5.67. The highest BCUT2D eigenvalue weighted by atomic mass is 35.5. The Morgan fingerprint density at radius 1 is 1.29 bits per heavy atom. The first-order valence-electron chi connectivity index (χ1n) is 4.77. The molecule has 0 bridgehead atoms. The summed E-state index contributed by atoms with van der Waals surface area (Å²) in [5, 5.41) is 0.761. The van der Waals surface area contributed by atoms with Gasteiger partial charge in [0.1, 0.15) is 0 Å². The average Bonchev–Trinajstić information content (AvgIpc) is 2.15. The van der Waals surface area contributed by atoms with Crippen molar-refractivity contribution in [3.05, 3.63) is 34.9 Å². The molecule has 0 aliphatic carbocycles. The Morgan fingerprint density at radius 3 is 2.50 bits per heavy atom. The van der Waals surface area contributed by atoms with Crippen LogP contribution in [0, 0.1) is 5.92 Å². The smallest absolute Gasteiger partial charge is 0.0705 e. The molecule has 0 saturated heterocycles. The van der Waals surface area contributed by atoms with Crippen LogP contribution >= 0.6 is 11.6 Å². The second-order valence-electron chi connectivity index (χ2n) is 3.65. The van der Waals surface area contributed by atoms with Gasteiger partial charge in [0.05, 0.1) is 6.61 Å². The third kappa shape index (κ3) is 4.61. The monoisotopic (exact) mass is 213 g/mol. The van der Waals surface area contributed by atoms with E-state index < -0.39 is 0 Å². The zero-order chi connectivity index (χ0) is 10.4. The molecule has 0 heterocycles. The highest BCUT2D eigenvalue weighted by Crippen LogP contribution is 2.09. The molecule has 0 aromatic heterocycles. The molecular weight excluding hydrogens is 198 g/mol. The molecule has 1 aromatic carbocycles. The Kier molecular flexibility index (Phi) is 4.94. The molecule has 1 rings (SSSR count). The van der Waals surface area contributed by atoms with Crippen molar-refractivity contribution >= 4 is 11.6 Å². The maximum atomic E-state index is 5.76. The SMILES string of the molecule is CC(C)CONCc1ccc(Cl)cc1. The van der Waals surface area contributed by atoms with Crippen LogP contribution in [0.1, 0.15) is 19.4 Å². The lowest BCUT2D eigenvalue weighted by atomic mass is 10.2. The fourth-order valence-corrected chi connectivity index (χ4v) is 1.09. The Hall–Kier alpha value is -0.570. The molecule has 0 radical (unpaired) electrons. The molecule has 0 aliphatic heterocycles. The zero-order valence-corrected chi connectivity index (χ0v) is 9.34. The van der Waals surface area contributed by atoms with Crippen molar-refractivity contribution in [2.75, 3.05) is 6.61 Å². The lowest BCUT2D eigenvalue weighted by molar-refractivity contribution is 0.0196. The van der Waals surface area contributed by atoms with E-state index in [0.29, 0.717) is 12.5 Å². The maximum Gasteiger partial charge on any atom is 0.0705 e. The Morgan fingerprint density at radius 2 is 1.93 bits per heavy atom. The first-order chi connectivity index (χ1) is 6.68. The summed E-state index contributed by atoms with van der Waals surface area (Å²) in [6.07, 6.45) is 0. The minimum absolute atomic E-state index is 0.549. The molecule has 0 atom stereocenters. The average molecular weight is 214 g/mol. The first kappa shape index (κ1) is 11.5. The molecule has 78 valence electrons. The lowest BCUT2D eigenvalue weighted by Gasteiger charge is -2.07. The molecule has 3 heteroatoms. The molecule has 0 aliphatic rings. The van der Waals surface area contributed by atoms with E-state index in [0.717, 1.165) is 17.2 Å². The topological polar surface area (TPSA) is 21.3 Å². The van der Waals surface area contributed by atoms with Gasteiger partial charge >= 0.3 is 0 Å². The number of hydroxylamine groups is 1. The van der Waals surface area contributed by atoms with Crippen LogP contribution in [-0.2, 0) is 11.4 Å². The van der Waals surface area contributed by atoms with E-state index in [1.54, 1.807) is 0 Å². The van der Waals surface area contributed by atoms with Gasteiger partial charge in [-0.1, -0.05) is 37.6 Å². The van der Waals surface area contributed by atoms with Gasteiger partial charge in [-0.15, -0.1) is 0 Å². The van der Waals surface area contributed by atoms with Gasteiger partial charge in [0.15, 0.2) is 0 Å². The third-order valence-corrected chi connectivity index (χ3v) is 1.96. The molecule has 1 aromatic rings. The van der Waals surface area contributed by atoms with Crippen LogP contribution in [0.25, 0.3) is 0 Å². The van der Waals surface area contributed by atoms with Gasteiger partial charge in [0.25, 0.3) is 0 Å². The lowest BCUT2D eigenvalue weighted by Crippen LogP contribution is -2.17.